The summed E-state index contributed by atoms with van der Waals surface area (Å²) in [6, 6.07) is 9.20. The molecule has 0 unspecified atom stereocenters. The van der Waals surface area contributed by atoms with Gasteiger partial charge in [0.25, 0.3) is 0 Å². The van der Waals surface area contributed by atoms with Gasteiger partial charge in [-0.25, -0.2) is 0 Å². The standard InChI is InChI=1S/C9H9BO/c10-7-6-9(11)8-4-2-1-3-5-8/h1-5H,6-7H2. The molecule has 11 heavy (non-hydrogen) atoms. The lowest BCUT2D eigenvalue weighted by Gasteiger charge is -1.96. The van der Waals surface area contributed by atoms with E-state index >= 15 is 0 Å². The maximum Gasteiger partial charge on any atom is 0.162 e. The highest BCUT2D eigenvalue weighted by Crippen LogP contribution is 2.03. The van der Waals surface area contributed by atoms with Crippen molar-refractivity contribution in [2.45, 2.75) is 12.7 Å². The summed E-state index contributed by atoms with van der Waals surface area (Å²) in [7, 11) is 5.25. The van der Waals surface area contributed by atoms with Gasteiger partial charge in [-0.3, -0.25) is 4.79 Å². The van der Waals surface area contributed by atoms with E-state index in [0.717, 1.165) is 5.56 Å². The highest BCUT2D eigenvalue weighted by molar-refractivity contribution is 6.11. The molecular formula is C9H9BO. The van der Waals surface area contributed by atoms with Gasteiger partial charge in [0, 0.05) is 12.0 Å². The van der Waals surface area contributed by atoms with Gasteiger partial charge < -0.3 is 0 Å². The lowest BCUT2D eigenvalue weighted by atomic mass is 9.97. The molecule has 0 spiro atoms. The molecule has 0 saturated heterocycles. The summed E-state index contributed by atoms with van der Waals surface area (Å²) in [6.45, 7) is 0. The maximum atomic E-state index is 11.2. The molecular weight excluding hydrogens is 135 g/mol. The highest BCUT2D eigenvalue weighted by Gasteiger charge is 2.00. The van der Waals surface area contributed by atoms with Crippen LogP contribution in [-0.4, -0.2) is 13.6 Å². The van der Waals surface area contributed by atoms with Crippen LogP contribution in [-0.2, 0) is 0 Å². The summed E-state index contributed by atoms with van der Waals surface area (Å²) in [5, 5.41) is 0. The van der Waals surface area contributed by atoms with Crippen molar-refractivity contribution < 1.29 is 4.79 Å². The van der Waals surface area contributed by atoms with E-state index in [0.29, 0.717) is 12.7 Å². The van der Waals surface area contributed by atoms with Crippen molar-refractivity contribution in [1.29, 1.82) is 0 Å². The number of hydrogen-bond acceptors (Lipinski definition) is 1. The van der Waals surface area contributed by atoms with Crippen LogP contribution in [0.15, 0.2) is 30.3 Å². The Morgan fingerprint density at radius 1 is 1.27 bits per heavy atom. The van der Waals surface area contributed by atoms with Crippen molar-refractivity contribution >= 4 is 13.6 Å². The van der Waals surface area contributed by atoms with Gasteiger partial charge in [0.15, 0.2) is 5.78 Å². The fourth-order valence-electron chi connectivity index (χ4n) is 0.899. The lowest BCUT2D eigenvalue weighted by Crippen LogP contribution is -1.96. The van der Waals surface area contributed by atoms with Crippen molar-refractivity contribution in [3.05, 3.63) is 35.9 Å². The summed E-state index contributed by atoms with van der Waals surface area (Å²) in [6.07, 6.45) is 0.859. The molecule has 1 aromatic carbocycles. The minimum absolute atomic E-state index is 0.119. The summed E-state index contributed by atoms with van der Waals surface area (Å²) >= 11 is 0. The Kier molecular flexibility index (Phi) is 2.90. The van der Waals surface area contributed by atoms with E-state index in [4.69, 9.17) is 7.85 Å². The molecule has 0 aliphatic rings. The first-order chi connectivity index (χ1) is 5.34. The Labute approximate surface area is 67.8 Å². The molecule has 2 radical (unpaired) electrons. The van der Waals surface area contributed by atoms with E-state index in [1.165, 1.54) is 0 Å². The summed E-state index contributed by atoms with van der Waals surface area (Å²) in [4.78, 5) is 11.2. The Morgan fingerprint density at radius 3 is 2.45 bits per heavy atom. The summed E-state index contributed by atoms with van der Waals surface area (Å²) in [5.41, 5.74) is 0.748. The molecule has 0 aromatic heterocycles. The molecule has 0 N–H and O–H groups in total. The number of ketones is 1. The number of carbonyl (C=O) groups excluding carboxylic acids is 1. The maximum absolute atomic E-state index is 11.2. The summed E-state index contributed by atoms with van der Waals surface area (Å²) in [5.74, 6) is 0.119. The van der Waals surface area contributed by atoms with Crippen LogP contribution in [0, 0.1) is 0 Å². The summed E-state index contributed by atoms with van der Waals surface area (Å²) < 4.78 is 0. The fraction of sp³-hybridized carbons (Fsp3) is 0.222. The molecule has 1 aromatic rings. The minimum Gasteiger partial charge on any atom is -0.294 e. The molecule has 0 fully saturated rings. The Bertz CT molecular complexity index is 231. The van der Waals surface area contributed by atoms with Crippen LogP contribution in [0.5, 0.6) is 0 Å². The van der Waals surface area contributed by atoms with E-state index < -0.39 is 0 Å². The Hall–Kier alpha value is -1.05. The lowest BCUT2D eigenvalue weighted by molar-refractivity contribution is 0.0988. The second kappa shape index (κ2) is 3.96. The number of rotatable bonds is 3. The van der Waals surface area contributed by atoms with Gasteiger partial charge >= 0.3 is 0 Å². The van der Waals surface area contributed by atoms with E-state index in [1.54, 1.807) is 12.1 Å². The van der Waals surface area contributed by atoms with Crippen LogP contribution in [0.4, 0.5) is 0 Å². The van der Waals surface area contributed by atoms with Gasteiger partial charge in [0.05, 0.1) is 7.85 Å². The third-order valence-corrected chi connectivity index (χ3v) is 1.47. The van der Waals surface area contributed by atoms with Crippen LogP contribution in [0.25, 0.3) is 0 Å². The molecule has 0 bridgehead atoms. The van der Waals surface area contributed by atoms with Gasteiger partial charge in [-0.1, -0.05) is 36.7 Å². The number of benzene rings is 1. The Balaban J connectivity index is 2.69. The quantitative estimate of drug-likeness (QED) is 0.467. The fourth-order valence-corrected chi connectivity index (χ4v) is 0.899. The monoisotopic (exact) mass is 144 g/mol. The third kappa shape index (κ3) is 2.22. The first kappa shape index (κ1) is 8.06. The van der Waals surface area contributed by atoms with Crippen LogP contribution >= 0.6 is 0 Å². The number of hydrogen-bond donors (Lipinski definition) is 0. The van der Waals surface area contributed by atoms with Crippen molar-refractivity contribution in [3.63, 3.8) is 0 Å². The van der Waals surface area contributed by atoms with E-state index in [1.807, 2.05) is 18.2 Å². The predicted molar refractivity (Wildman–Crippen MR) is 46.0 cm³/mol. The van der Waals surface area contributed by atoms with Crippen molar-refractivity contribution in [2.24, 2.45) is 0 Å². The molecule has 0 amide bonds. The molecule has 2 heteroatoms. The highest BCUT2D eigenvalue weighted by atomic mass is 16.1. The van der Waals surface area contributed by atoms with E-state index in [-0.39, 0.29) is 5.78 Å². The SMILES string of the molecule is [B]CCC(=O)c1ccccc1. The first-order valence-electron chi connectivity index (χ1n) is 3.63. The largest absolute Gasteiger partial charge is 0.294 e. The average Bonchev–Trinajstić information content (AvgIpc) is 2.07. The topological polar surface area (TPSA) is 17.1 Å². The van der Waals surface area contributed by atoms with Crippen molar-refractivity contribution in [2.75, 3.05) is 0 Å². The predicted octanol–water partition coefficient (Wildman–Crippen LogP) is 1.85. The van der Waals surface area contributed by atoms with Gasteiger partial charge in [-0.15, -0.1) is 0 Å². The molecule has 0 heterocycles. The third-order valence-electron chi connectivity index (χ3n) is 1.47. The smallest absolute Gasteiger partial charge is 0.162 e. The molecule has 1 rings (SSSR count). The van der Waals surface area contributed by atoms with Crippen LogP contribution in [0.1, 0.15) is 16.8 Å². The zero-order valence-corrected chi connectivity index (χ0v) is 6.29. The van der Waals surface area contributed by atoms with Crippen molar-refractivity contribution in [3.8, 4) is 0 Å². The molecule has 0 aliphatic carbocycles. The zero-order valence-electron chi connectivity index (χ0n) is 6.29. The van der Waals surface area contributed by atoms with E-state index in [9.17, 15) is 4.79 Å². The molecule has 0 aliphatic heterocycles. The van der Waals surface area contributed by atoms with Crippen molar-refractivity contribution in [1.82, 2.24) is 0 Å². The van der Waals surface area contributed by atoms with Gasteiger partial charge in [0.2, 0.25) is 0 Å². The Morgan fingerprint density at radius 2 is 1.91 bits per heavy atom. The van der Waals surface area contributed by atoms with Gasteiger partial charge in [-0.2, -0.15) is 0 Å². The minimum atomic E-state index is 0.119. The zero-order chi connectivity index (χ0) is 8.10. The van der Waals surface area contributed by atoms with E-state index in [2.05, 4.69) is 0 Å². The number of carbonyl (C=O) groups is 1. The second-order valence-electron chi connectivity index (χ2n) is 2.33. The first-order valence-corrected chi connectivity index (χ1v) is 3.63. The second-order valence-corrected chi connectivity index (χ2v) is 2.33. The molecule has 54 valence electrons. The molecule has 1 nitrogen and oxygen atoms in total. The normalized spacial score (nSPS) is 9.45. The van der Waals surface area contributed by atoms with Crippen LogP contribution < -0.4 is 0 Å². The van der Waals surface area contributed by atoms with Crippen LogP contribution in [0.3, 0.4) is 0 Å². The molecule has 0 saturated carbocycles. The average molecular weight is 144 g/mol. The van der Waals surface area contributed by atoms with Gasteiger partial charge in [0.1, 0.15) is 0 Å². The van der Waals surface area contributed by atoms with Crippen LogP contribution in [0.2, 0.25) is 6.32 Å². The molecule has 0 atom stereocenters. The number of Topliss-reactive ketones (excluding diaryl/α,β-unsaturated/α-hetero) is 1. The van der Waals surface area contributed by atoms with Gasteiger partial charge in [-0.05, 0) is 0 Å².